The summed E-state index contributed by atoms with van der Waals surface area (Å²) in [5.41, 5.74) is 5.98. The maximum Gasteiger partial charge on any atom is 0.191 e. The van der Waals surface area contributed by atoms with Gasteiger partial charge in [0.2, 0.25) is 0 Å². The van der Waals surface area contributed by atoms with Crippen molar-refractivity contribution in [1.82, 2.24) is 9.80 Å². The molecule has 15 heavy (non-hydrogen) atoms. The molecule has 2 atom stereocenters. The second-order valence-electron chi connectivity index (χ2n) is 4.85. The molecule has 4 nitrogen and oxygen atoms in total. The van der Waals surface area contributed by atoms with Crippen molar-refractivity contribution in [3.63, 3.8) is 0 Å². The third-order valence-electron chi connectivity index (χ3n) is 3.07. The number of guanidine groups is 1. The molecular formula is C11H24N4. The molecule has 0 saturated carbocycles. The molecule has 0 amide bonds. The Morgan fingerprint density at radius 2 is 1.73 bits per heavy atom. The number of hydrogen-bond donors (Lipinski definition) is 1. The van der Waals surface area contributed by atoms with Gasteiger partial charge in [-0.3, -0.25) is 9.89 Å². The van der Waals surface area contributed by atoms with E-state index in [9.17, 15) is 0 Å². The molecule has 2 N–H and O–H groups in total. The van der Waals surface area contributed by atoms with E-state index in [1.54, 1.807) is 0 Å². The molecule has 0 aromatic heterocycles. The summed E-state index contributed by atoms with van der Waals surface area (Å²) in [6.07, 6.45) is 0. The second-order valence-corrected chi connectivity index (χ2v) is 4.85. The zero-order valence-electron chi connectivity index (χ0n) is 10.6. The average molecular weight is 212 g/mol. The summed E-state index contributed by atoms with van der Waals surface area (Å²) in [4.78, 5) is 8.97. The molecule has 1 saturated heterocycles. The van der Waals surface area contributed by atoms with Gasteiger partial charge in [0.15, 0.2) is 5.96 Å². The van der Waals surface area contributed by atoms with E-state index in [1.807, 2.05) is 0 Å². The van der Waals surface area contributed by atoms with Crippen LogP contribution in [0.1, 0.15) is 27.7 Å². The van der Waals surface area contributed by atoms with Crippen LogP contribution < -0.4 is 5.73 Å². The largest absolute Gasteiger partial charge is 0.370 e. The van der Waals surface area contributed by atoms with Gasteiger partial charge in [0.05, 0.1) is 0 Å². The van der Waals surface area contributed by atoms with E-state index in [2.05, 4.69) is 49.5 Å². The van der Waals surface area contributed by atoms with Crippen molar-refractivity contribution in [2.75, 3.05) is 20.1 Å². The smallest absolute Gasteiger partial charge is 0.191 e. The first-order valence-corrected chi connectivity index (χ1v) is 5.72. The van der Waals surface area contributed by atoms with Gasteiger partial charge in [0.25, 0.3) is 0 Å². The summed E-state index contributed by atoms with van der Waals surface area (Å²) in [6, 6.07) is 1.35. The molecule has 0 radical (unpaired) electrons. The predicted octanol–water partition coefficient (Wildman–Crippen LogP) is 0.734. The van der Waals surface area contributed by atoms with E-state index < -0.39 is 0 Å². The van der Waals surface area contributed by atoms with Crippen LogP contribution in [0.4, 0.5) is 0 Å². The molecule has 88 valence electrons. The molecule has 0 spiro atoms. The van der Waals surface area contributed by atoms with Crippen LogP contribution in [0.15, 0.2) is 4.99 Å². The lowest BCUT2D eigenvalue weighted by molar-refractivity contribution is 0.0979. The van der Waals surface area contributed by atoms with E-state index in [1.165, 1.54) is 0 Å². The lowest BCUT2D eigenvalue weighted by Crippen LogP contribution is -2.58. The molecule has 1 aliphatic heterocycles. The first-order valence-electron chi connectivity index (χ1n) is 5.72. The summed E-state index contributed by atoms with van der Waals surface area (Å²) in [5, 5.41) is 0. The van der Waals surface area contributed by atoms with Crippen LogP contribution in [-0.2, 0) is 0 Å². The Kier molecular flexibility index (Phi) is 3.97. The normalized spacial score (nSPS) is 30.0. The van der Waals surface area contributed by atoms with Gasteiger partial charge < -0.3 is 10.6 Å². The molecular weight excluding hydrogens is 188 g/mol. The Bertz CT molecular complexity index is 225. The summed E-state index contributed by atoms with van der Waals surface area (Å²) >= 11 is 0. The maximum absolute atomic E-state index is 5.98. The number of nitrogens with two attached hydrogens (primary N) is 1. The summed E-state index contributed by atoms with van der Waals surface area (Å²) in [7, 11) is 2.17. The van der Waals surface area contributed by atoms with Gasteiger partial charge in [-0.25, -0.2) is 0 Å². The Morgan fingerprint density at radius 1 is 1.27 bits per heavy atom. The van der Waals surface area contributed by atoms with Crippen LogP contribution in [0.3, 0.4) is 0 Å². The van der Waals surface area contributed by atoms with Crippen LogP contribution in [0.25, 0.3) is 0 Å². The van der Waals surface area contributed by atoms with Crippen molar-refractivity contribution in [3.8, 4) is 0 Å². The summed E-state index contributed by atoms with van der Waals surface area (Å²) in [6.45, 7) is 10.5. The first kappa shape index (κ1) is 12.3. The van der Waals surface area contributed by atoms with Crippen molar-refractivity contribution < 1.29 is 0 Å². The van der Waals surface area contributed by atoms with Gasteiger partial charge in [0.1, 0.15) is 0 Å². The molecule has 2 unspecified atom stereocenters. The minimum absolute atomic E-state index is 0.273. The van der Waals surface area contributed by atoms with Crippen molar-refractivity contribution in [2.24, 2.45) is 10.7 Å². The summed E-state index contributed by atoms with van der Waals surface area (Å²) in [5.74, 6) is 0.691. The highest BCUT2D eigenvalue weighted by Gasteiger charge is 2.27. The first-order chi connectivity index (χ1) is 6.91. The monoisotopic (exact) mass is 212 g/mol. The zero-order chi connectivity index (χ0) is 11.6. The molecule has 1 rings (SSSR count). The standard InChI is InChI=1S/C11H24N4/c1-8(2)13-11(12)15-6-9(3)14(5)10(4)7-15/h8-10H,6-7H2,1-5H3,(H2,12,13). The van der Waals surface area contributed by atoms with Crippen LogP contribution in [-0.4, -0.2) is 54.0 Å². The third-order valence-corrected chi connectivity index (χ3v) is 3.07. The van der Waals surface area contributed by atoms with Crippen LogP contribution >= 0.6 is 0 Å². The lowest BCUT2D eigenvalue weighted by Gasteiger charge is -2.42. The SMILES string of the molecule is CC(C)N=C(N)N1CC(C)N(C)C(C)C1. The van der Waals surface area contributed by atoms with Gasteiger partial charge in [0, 0.05) is 31.2 Å². The van der Waals surface area contributed by atoms with Crippen LogP contribution in [0.5, 0.6) is 0 Å². The molecule has 1 heterocycles. The quantitative estimate of drug-likeness (QED) is 0.515. The predicted molar refractivity (Wildman–Crippen MR) is 65.0 cm³/mol. The van der Waals surface area contributed by atoms with Crippen LogP contribution in [0, 0.1) is 0 Å². The molecule has 1 fully saturated rings. The minimum Gasteiger partial charge on any atom is -0.370 e. The Balaban J connectivity index is 2.65. The van der Waals surface area contributed by atoms with Gasteiger partial charge >= 0.3 is 0 Å². The van der Waals surface area contributed by atoms with E-state index in [0.29, 0.717) is 18.0 Å². The molecule has 4 heteroatoms. The van der Waals surface area contributed by atoms with Gasteiger partial charge in [-0.15, -0.1) is 0 Å². The van der Waals surface area contributed by atoms with Gasteiger partial charge in [-0.1, -0.05) is 0 Å². The lowest BCUT2D eigenvalue weighted by atomic mass is 10.1. The Labute approximate surface area is 93.1 Å². The van der Waals surface area contributed by atoms with E-state index >= 15 is 0 Å². The highest BCUT2D eigenvalue weighted by molar-refractivity contribution is 5.78. The second kappa shape index (κ2) is 4.84. The highest BCUT2D eigenvalue weighted by atomic mass is 15.3. The molecule has 0 aliphatic carbocycles. The van der Waals surface area contributed by atoms with E-state index in [0.717, 1.165) is 13.1 Å². The number of aliphatic imine (C=N–C) groups is 1. The van der Waals surface area contributed by atoms with Crippen LogP contribution in [0.2, 0.25) is 0 Å². The number of nitrogens with zero attached hydrogens (tertiary/aromatic N) is 3. The number of piperazine rings is 1. The Morgan fingerprint density at radius 3 is 2.13 bits per heavy atom. The van der Waals surface area contributed by atoms with Crippen molar-refractivity contribution in [3.05, 3.63) is 0 Å². The molecule has 0 bridgehead atoms. The van der Waals surface area contributed by atoms with E-state index in [4.69, 9.17) is 5.73 Å². The van der Waals surface area contributed by atoms with Gasteiger partial charge in [-0.05, 0) is 34.7 Å². The van der Waals surface area contributed by atoms with Crippen molar-refractivity contribution >= 4 is 5.96 Å². The van der Waals surface area contributed by atoms with E-state index in [-0.39, 0.29) is 6.04 Å². The van der Waals surface area contributed by atoms with Crippen molar-refractivity contribution in [1.29, 1.82) is 0 Å². The number of hydrogen-bond acceptors (Lipinski definition) is 2. The fourth-order valence-electron chi connectivity index (χ4n) is 1.94. The molecule has 1 aliphatic rings. The summed E-state index contributed by atoms with van der Waals surface area (Å²) < 4.78 is 0. The fourth-order valence-corrected chi connectivity index (χ4v) is 1.94. The molecule has 0 aromatic carbocycles. The maximum atomic E-state index is 5.98. The number of likely N-dealkylation sites (N-methyl/N-ethyl adjacent to an activating group) is 1. The Hall–Kier alpha value is -0.770. The zero-order valence-corrected chi connectivity index (χ0v) is 10.6. The fraction of sp³-hybridized carbons (Fsp3) is 0.909. The minimum atomic E-state index is 0.273. The third kappa shape index (κ3) is 3.09. The highest BCUT2D eigenvalue weighted by Crippen LogP contribution is 2.12. The topological polar surface area (TPSA) is 44.9 Å². The van der Waals surface area contributed by atoms with Gasteiger partial charge in [-0.2, -0.15) is 0 Å². The van der Waals surface area contributed by atoms with Crippen molar-refractivity contribution in [2.45, 2.75) is 45.8 Å². The average Bonchev–Trinajstić information content (AvgIpc) is 2.12. The molecule has 0 aromatic rings. The number of rotatable bonds is 1.